The molecule has 2 aliphatic rings. The van der Waals surface area contributed by atoms with E-state index in [9.17, 15) is 5.11 Å². The molecular formula is C16H30O. The number of fused-ring (bicyclic) bond motifs is 1. The van der Waals surface area contributed by atoms with Crippen molar-refractivity contribution in [1.29, 1.82) is 0 Å². The average Bonchev–Trinajstić information content (AvgIpc) is 2.21. The predicted molar refractivity (Wildman–Crippen MR) is 72.8 cm³/mol. The van der Waals surface area contributed by atoms with Gasteiger partial charge in [0.25, 0.3) is 0 Å². The highest BCUT2D eigenvalue weighted by molar-refractivity contribution is 5.00. The van der Waals surface area contributed by atoms with Crippen LogP contribution in [0.2, 0.25) is 0 Å². The number of rotatable bonds is 1. The second-order valence-electron chi connectivity index (χ2n) is 7.77. The molecule has 0 saturated heterocycles. The van der Waals surface area contributed by atoms with Crippen LogP contribution in [0.3, 0.4) is 0 Å². The van der Waals surface area contributed by atoms with Gasteiger partial charge in [0.05, 0.1) is 6.10 Å². The second kappa shape index (κ2) is 4.26. The molecule has 2 fully saturated rings. The monoisotopic (exact) mass is 238 g/mol. The Morgan fingerprint density at radius 2 is 1.88 bits per heavy atom. The van der Waals surface area contributed by atoms with Crippen molar-refractivity contribution >= 4 is 0 Å². The fourth-order valence-corrected chi connectivity index (χ4v) is 4.55. The van der Waals surface area contributed by atoms with Gasteiger partial charge < -0.3 is 5.11 Å². The van der Waals surface area contributed by atoms with Gasteiger partial charge >= 0.3 is 0 Å². The highest BCUT2D eigenvalue weighted by Crippen LogP contribution is 2.57. The Kier molecular flexibility index (Phi) is 3.36. The maximum absolute atomic E-state index is 10.2. The van der Waals surface area contributed by atoms with Gasteiger partial charge in [0.15, 0.2) is 0 Å². The van der Waals surface area contributed by atoms with Gasteiger partial charge in [0, 0.05) is 0 Å². The van der Waals surface area contributed by atoms with Crippen LogP contribution in [0.4, 0.5) is 0 Å². The maximum atomic E-state index is 10.2. The SMILES string of the molecule is C[C@H](O)[C@@]1(C)C[C@H]2[C@H](CCCC2(C)C)C[C@H]1C. The van der Waals surface area contributed by atoms with Crippen molar-refractivity contribution in [3.8, 4) is 0 Å². The fraction of sp³-hybridized carbons (Fsp3) is 1.00. The average molecular weight is 238 g/mol. The van der Waals surface area contributed by atoms with E-state index in [1.54, 1.807) is 0 Å². The Bertz CT molecular complexity index is 281. The topological polar surface area (TPSA) is 20.2 Å². The first kappa shape index (κ1) is 13.4. The van der Waals surface area contributed by atoms with Gasteiger partial charge in [-0.3, -0.25) is 0 Å². The molecule has 2 aliphatic carbocycles. The first-order valence-corrected chi connectivity index (χ1v) is 7.45. The summed E-state index contributed by atoms with van der Waals surface area (Å²) in [5.74, 6) is 2.41. The van der Waals surface area contributed by atoms with E-state index in [2.05, 4.69) is 27.7 Å². The molecule has 0 bridgehead atoms. The first-order chi connectivity index (χ1) is 7.77. The molecule has 5 atom stereocenters. The lowest BCUT2D eigenvalue weighted by molar-refractivity contribution is -0.0951. The fourth-order valence-electron chi connectivity index (χ4n) is 4.55. The van der Waals surface area contributed by atoms with Crippen LogP contribution in [0, 0.1) is 28.6 Å². The van der Waals surface area contributed by atoms with Crippen LogP contribution in [0.5, 0.6) is 0 Å². The molecule has 0 amide bonds. The number of hydrogen-bond donors (Lipinski definition) is 1. The summed E-state index contributed by atoms with van der Waals surface area (Å²) in [7, 11) is 0. The van der Waals surface area contributed by atoms with E-state index in [0.29, 0.717) is 11.3 Å². The van der Waals surface area contributed by atoms with E-state index in [1.165, 1.54) is 32.1 Å². The Morgan fingerprint density at radius 3 is 2.47 bits per heavy atom. The van der Waals surface area contributed by atoms with Gasteiger partial charge in [-0.25, -0.2) is 0 Å². The molecule has 1 N–H and O–H groups in total. The standard InChI is InChI=1S/C16H30O/c1-11-9-13-7-6-8-15(3,4)14(13)10-16(11,5)12(2)17/h11-14,17H,6-10H2,1-5H3/t11-,12+,13-,14+,16+/m1/s1. The van der Waals surface area contributed by atoms with E-state index in [-0.39, 0.29) is 11.5 Å². The molecule has 1 nitrogen and oxygen atoms in total. The van der Waals surface area contributed by atoms with Crippen molar-refractivity contribution in [2.24, 2.45) is 28.6 Å². The van der Waals surface area contributed by atoms with E-state index >= 15 is 0 Å². The van der Waals surface area contributed by atoms with E-state index in [1.807, 2.05) is 6.92 Å². The lowest BCUT2D eigenvalue weighted by atomic mass is 9.50. The molecule has 0 aliphatic heterocycles. The highest BCUT2D eigenvalue weighted by Gasteiger charge is 2.50. The maximum Gasteiger partial charge on any atom is 0.0568 e. The molecule has 0 unspecified atom stereocenters. The number of aliphatic hydroxyl groups is 1. The summed E-state index contributed by atoms with van der Waals surface area (Å²) in [6.45, 7) is 11.5. The first-order valence-electron chi connectivity index (χ1n) is 7.45. The predicted octanol–water partition coefficient (Wildman–Crippen LogP) is 4.25. The Balaban J connectivity index is 2.23. The quantitative estimate of drug-likeness (QED) is 0.724. The summed E-state index contributed by atoms with van der Waals surface area (Å²) in [6, 6.07) is 0. The van der Waals surface area contributed by atoms with E-state index in [0.717, 1.165) is 11.8 Å². The zero-order chi connectivity index (χ0) is 12.8. The molecule has 100 valence electrons. The van der Waals surface area contributed by atoms with E-state index in [4.69, 9.17) is 0 Å². The molecule has 0 spiro atoms. The molecule has 0 aromatic carbocycles. The van der Waals surface area contributed by atoms with Gasteiger partial charge in [-0.2, -0.15) is 0 Å². The second-order valence-corrected chi connectivity index (χ2v) is 7.77. The van der Waals surface area contributed by atoms with Crippen molar-refractivity contribution in [3.63, 3.8) is 0 Å². The molecule has 2 rings (SSSR count). The molecule has 0 aromatic heterocycles. The summed E-state index contributed by atoms with van der Waals surface area (Å²) in [5, 5.41) is 10.2. The van der Waals surface area contributed by atoms with Crippen LogP contribution in [-0.4, -0.2) is 11.2 Å². The van der Waals surface area contributed by atoms with Gasteiger partial charge in [-0.05, 0) is 54.8 Å². The van der Waals surface area contributed by atoms with Crippen LogP contribution in [0.1, 0.15) is 66.7 Å². The molecular weight excluding hydrogens is 208 g/mol. The smallest absolute Gasteiger partial charge is 0.0568 e. The third kappa shape index (κ3) is 2.16. The minimum atomic E-state index is -0.170. The minimum absolute atomic E-state index is 0.135. The zero-order valence-electron chi connectivity index (χ0n) is 12.3. The Labute approximate surface area is 107 Å². The third-order valence-electron chi connectivity index (χ3n) is 6.37. The zero-order valence-corrected chi connectivity index (χ0v) is 12.3. The molecule has 0 heterocycles. The Hall–Kier alpha value is -0.0400. The van der Waals surface area contributed by atoms with Crippen LogP contribution in [0.25, 0.3) is 0 Å². The minimum Gasteiger partial charge on any atom is -0.393 e. The van der Waals surface area contributed by atoms with Crippen LogP contribution >= 0.6 is 0 Å². The molecule has 17 heavy (non-hydrogen) atoms. The summed E-state index contributed by atoms with van der Waals surface area (Å²) >= 11 is 0. The number of aliphatic hydroxyl groups excluding tert-OH is 1. The van der Waals surface area contributed by atoms with Gasteiger partial charge in [0.1, 0.15) is 0 Å². The lowest BCUT2D eigenvalue weighted by Gasteiger charge is -2.55. The van der Waals surface area contributed by atoms with Gasteiger partial charge in [0.2, 0.25) is 0 Å². The van der Waals surface area contributed by atoms with E-state index < -0.39 is 0 Å². The van der Waals surface area contributed by atoms with Crippen molar-refractivity contribution in [1.82, 2.24) is 0 Å². The summed E-state index contributed by atoms with van der Waals surface area (Å²) in [5.41, 5.74) is 0.620. The lowest BCUT2D eigenvalue weighted by Crippen LogP contribution is -2.49. The largest absolute Gasteiger partial charge is 0.393 e. The van der Waals surface area contributed by atoms with Gasteiger partial charge in [-0.1, -0.05) is 40.5 Å². The summed E-state index contributed by atoms with van der Waals surface area (Å²) in [6.07, 6.45) is 6.59. The van der Waals surface area contributed by atoms with Crippen LogP contribution in [0.15, 0.2) is 0 Å². The highest BCUT2D eigenvalue weighted by atomic mass is 16.3. The van der Waals surface area contributed by atoms with Crippen LogP contribution < -0.4 is 0 Å². The normalized spacial score (nSPS) is 47.3. The summed E-state index contributed by atoms with van der Waals surface area (Å²) in [4.78, 5) is 0. The van der Waals surface area contributed by atoms with Crippen molar-refractivity contribution < 1.29 is 5.11 Å². The third-order valence-corrected chi connectivity index (χ3v) is 6.37. The van der Waals surface area contributed by atoms with Crippen molar-refractivity contribution in [2.75, 3.05) is 0 Å². The summed E-state index contributed by atoms with van der Waals surface area (Å²) < 4.78 is 0. The Morgan fingerprint density at radius 1 is 1.24 bits per heavy atom. The molecule has 0 aromatic rings. The molecule has 1 heteroatoms. The number of hydrogen-bond acceptors (Lipinski definition) is 1. The van der Waals surface area contributed by atoms with Gasteiger partial charge in [-0.15, -0.1) is 0 Å². The van der Waals surface area contributed by atoms with Crippen molar-refractivity contribution in [2.45, 2.75) is 72.8 Å². The molecule has 2 saturated carbocycles. The van der Waals surface area contributed by atoms with Crippen LogP contribution in [-0.2, 0) is 0 Å². The van der Waals surface area contributed by atoms with Crippen molar-refractivity contribution in [3.05, 3.63) is 0 Å². The molecule has 0 radical (unpaired) electrons.